The van der Waals surface area contributed by atoms with Crippen LogP contribution in [-0.4, -0.2) is 30.9 Å². The molecule has 0 N–H and O–H groups in total. The number of Topliss-reactive ketones (excluding diaryl/α,β-unsaturated/α-hetero) is 1. The minimum atomic E-state index is -1.06. The molecule has 0 saturated carbocycles. The van der Waals surface area contributed by atoms with E-state index < -0.39 is 23.8 Å². The zero-order valence-electron chi connectivity index (χ0n) is 13.5. The van der Waals surface area contributed by atoms with Crippen LogP contribution in [0.5, 0.6) is 0 Å². The van der Waals surface area contributed by atoms with Crippen LogP contribution in [0.2, 0.25) is 5.02 Å². The van der Waals surface area contributed by atoms with Gasteiger partial charge < -0.3 is 9.47 Å². The number of halogens is 1. The van der Waals surface area contributed by atoms with Gasteiger partial charge in [0.2, 0.25) is 0 Å². The van der Waals surface area contributed by atoms with E-state index in [4.69, 9.17) is 21.1 Å². The molecule has 23 heavy (non-hydrogen) atoms. The molecule has 0 fully saturated rings. The highest BCUT2D eigenvalue weighted by molar-refractivity contribution is 6.30. The fraction of sp³-hybridized carbons (Fsp3) is 0.471. The molecule has 0 unspecified atom stereocenters. The van der Waals surface area contributed by atoms with Gasteiger partial charge in [-0.05, 0) is 38.5 Å². The van der Waals surface area contributed by atoms with Crippen molar-refractivity contribution in [3.05, 3.63) is 34.9 Å². The quantitative estimate of drug-likeness (QED) is 0.537. The number of carbonyl (C=O) groups excluding carboxylic acids is 3. The molecule has 6 heteroatoms. The molecule has 0 bridgehead atoms. The first-order valence-corrected chi connectivity index (χ1v) is 7.86. The van der Waals surface area contributed by atoms with E-state index in [0.29, 0.717) is 10.6 Å². The zero-order chi connectivity index (χ0) is 17.4. The van der Waals surface area contributed by atoms with Crippen LogP contribution in [0.3, 0.4) is 0 Å². The lowest BCUT2D eigenvalue weighted by Crippen LogP contribution is -2.32. The van der Waals surface area contributed by atoms with E-state index >= 15 is 0 Å². The highest BCUT2D eigenvalue weighted by Crippen LogP contribution is 2.31. The van der Waals surface area contributed by atoms with E-state index in [0.717, 1.165) is 0 Å². The predicted molar refractivity (Wildman–Crippen MR) is 86.2 cm³/mol. The molecular weight excluding hydrogens is 320 g/mol. The lowest BCUT2D eigenvalue weighted by Gasteiger charge is -2.23. The monoisotopic (exact) mass is 340 g/mol. The van der Waals surface area contributed by atoms with Crippen molar-refractivity contribution < 1.29 is 23.9 Å². The molecule has 5 nitrogen and oxygen atoms in total. The Labute approximate surface area is 140 Å². The molecule has 126 valence electrons. The minimum Gasteiger partial charge on any atom is -0.466 e. The van der Waals surface area contributed by atoms with Gasteiger partial charge >= 0.3 is 11.9 Å². The highest BCUT2D eigenvalue weighted by Gasteiger charge is 2.36. The normalized spacial score (nSPS) is 13.0. The van der Waals surface area contributed by atoms with Gasteiger partial charge in [-0.15, -0.1) is 0 Å². The Bertz CT molecular complexity index is 553. The van der Waals surface area contributed by atoms with Crippen molar-refractivity contribution in [1.29, 1.82) is 0 Å². The molecule has 0 aliphatic rings. The van der Waals surface area contributed by atoms with Crippen molar-refractivity contribution in [3.8, 4) is 0 Å². The van der Waals surface area contributed by atoms with Crippen LogP contribution in [0.15, 0.2) is 24.3 Å². The second kappa shape index (κ2) is 9.30. The van der Waals surface area contributed by atoms with Gasteiger partial charge in [-0.3, -0.25) is 14.4 Å². The van der Waals surface area contributed by atoms with Gasteiger partial charge in [0.25, 0.3) is 0 Å². The smallest absolute Gasteiger partial charge is 0.317 e. The Morgan fingerprint density at radius 2 is 1.61 bits per heavy atom. The van der Waals surface area contributed by atoms with Crippen molar-refractivity contribution in [2.45, 2.75) is 33.1 Å². The number of ether oxygens (including phenoxy) is 2. The van der Waals surface area contributed by atoms with Gasteiger partial charge in [0.05, 0.1) is 19.6 Å². The van der Waals surface area contributed by atoms with Crippen LogP contribution in [0.4, 0.5) is 0 Å². The van der Waals surface area contributed by atoms with Crippen molar-refractivity contribution in [2.75, 3.05) is 13.2 Å². The molecule has 0 amide bonds. The average Bonchev–Trinajstić information content (AvgIpc) is 2.47. The van der Waals surface area contributed by atoms with E-state index in [9.17, 15) is 14.4 Å². The molecule has 2 atom stereocenters. The third kappa shape index (κ3) is 5.67. The van der Waals surface area contributed by atoms with Gasteiger partial charge in [-0.2, -0.15) is 0 Å². The van der Waals surface area contributed by atoms with E-state index in [2.05, 4.69) is 0 Å². The Kier molecular flexibility index (Phi) is 7.75. The minimum absolute atomic E-state index is 0.0848. The summed E-state index contributed by atoms with van der Waals surface area (Å²) in [5, 5.41) is 0.527. The lowest BCUT2D eigenvalue weighted by atomic mass is 9.81. The third-order valence-electron chi connectivity index (χ3n) is 3.37. The molecule has 0 aliphatic carbocycles. The maximum Gasteiger partial charge on any atom is 0.317 e. The SMILES string of the molecule is CCOC(=O)C[C@@H](c1ccc(Cl)cc1)[C@H](C(C)=O)C(=O)OCC. The summed E-state index contributed by atoms with van der Waals surface area (Å²) in [7, 11) is 0. The molecule has 0 aliphatic heterocycles. The largest absolute Gasteiger partial charge is 0.466 e. The van der Waals surface area contributed by atoms with Crippen molar-refractivity contribution in [1.82, 2.24) is 0 Å². The summed E-state index contributed by atoms with van der Waals surface area (Å²) in [4.78, 5) is 36.1. The lowest BCUT2D eigenvalue weighted by molar-refractivity contribution is -0.153. The summed E-state index contributed by atoms with van der Waals surface area (Å²) in [6.45, 7) is 5.07. The molecular formula is C17H21ClO5. The fourth-order valence-electron chi connectivity index (χ4n) is 2.38. The topological polar surface area (TPSA) is 69.7 Å². The van der Waals surface area contributed by atoms with E-state index in [1.165, 1.54) is 6.92 Å². The van der Waals surface area contributed by atoms with Crippen LogP contribution < -0.4 is 0 Å². The van der Waals surface area contributed by atoms with Gasteiger partial charge in [-0.1, -0.05) is 23.7 Å². The van der Waals surface area contributed by atoms with Gasteiger partial charge in [-0.25, -0.2) is 0 Å². The van der Waals surface area contributed by atoms with Gasteiger partial charge in [0.1, 0.15) is 11.7 Å². The van der Waals surface area contributed by atoms with Crippen LogP contribution in [-0.2, 0) is 23.9 Å². The first kappa shape index (κ1) is 19.2. The number of ketones is 1. The number of carbonyl (C=O) groups is 3. The van der Waals surface area contributed by atoms with Crippen LogP contribution in [0.1, 0.15) is 38.7 Å². The number of rotatable bonds is 8. The summed E-state index contributed by atoms with van der Waals surface area (Å²) in [5.41, 5.74) is 0.663. The standard InChI is InChI=1S/C17H21ClO5/c1-4-22-15(20)10-14(12-6-8-13(18)9-7-12)16(11(3)19)17(21)23-5-2/h6-9,14,16H,4-5,10H2,1-3H3/t14-,16-/m0/s1. The first-order chi connectivity index (χ1) is 10.9. The van der Waals surface area contributed by atoms with Crippen LogP contribution in [0.25, 0.3) is 0 Å². The summed E-state index contributed by atoms with van der Waals surface area (Å²) in [5.74, 6) is -3.16. The van der Waals surface area contributed by atoms with E-state index in [-0.39, 0.29) is 25.4 Å². The van der Waals surface area contributed by atoms with Crippen molar-refractivity contribution in [3.63, 3.8) is 0 Å². The molecule has 0 radical (unpaired) electrons. The number of hydrogen-bond acceptors (Lipinski definition) is 5. The van der Waals surface area contributed by atoms with Crippen molar-refractivity contribution >= 4 is 29.3 Å². The second-order valence-corrected chi connectivity index (χ2v) is 5.44. The fourth-order valence-corrected chi connectivity index (χ4v) is 2.51. The molecule has 0 aromatic heterocycles. The maximum atomic E-state index is 12.2. The molecule has 1 aromatic rings. The molecule has 0 heterocycles. The van der Waals surface area contributed by atoms with Gasteiger partial charge in [0, 0.05) is 10.9 Å². The Hall–Kier alpha value is -1.88. The maximum absolute atomic E-state index is 12.2. The Morgan fingerprint density at radius 3 is 2.09 bits per heavy atom. The Balaban J connectivity index is 3.18. The molecule has 1 aromatic carbocycles. The Morgan fingerprint density at radius 1 is 1.04 bits per heavy atom. The summed E-state index contributed by atoms with van der Waals surface area (Å²) >= 11 is 5.88. The summed E-state index contributed by atoms with van der Waals surface area (Å²) in [6.07, 6.45) is -0.0848. The molecule has 1 rings (SSSR count). The summed E-state index contributed by atoms with van der Waals surface area (Å²) < 4.78 is 9.95. The molecule has 0 saturated heterocycles. The number of esters is 2. The van der Waals surface area contributed by atoms with Gasteiger partial charge in [0.15, 0.2) is 0 Å². The highest BCUT2D eigenvalue weighted by atomic mass is 35.5. The third-order valence-corrected chi connectivity index (χ3v) is 3.62. The summed E-state index contributed by atoms with van der Waals surface area (Å²) in [6, 6.07) is 6.69. The molecule has 0 spiro atoms. The number of hydrogen-bond donors (Lipinski definition) is 0. The average molecular weight is 341 g/mol. The first-order valence-electron chi connectivity index (χ1n) is 7.48. The second-order valence-electron chi connectivity index (χ2n) is 5.01. The number of benzene rings is 1. The zero-order valence-corrected chi connectivity index (χ0v) is 14.3. The van der Waals surface area contributed by atoms with E-state index in [1.807, 2.05) is 0 Å². The van der Waals surface area contributed by atoms with Crippen LogP contribution in [0, 0.1) is 5.92 Å². The predicted octanol–water partition coefficient (Wildman–Crippen LogP) is 3.15. The van der Waals surface area contributed by atoms with E-state index in [1.54, 1.807) is 38.1 Å². The van der Waals surface area contributed by atoms with Crippen LogP contribution >= 0.6 is 11.6 Å². The van der Waals surface area contributed by atoms with Crippen molar-refractivity contribution in [2.24, 2.45) is 5.92 Å².